The molecule has 2 amide bonds. The van der Waals surface area contributed by atoms with E-state index < -0.39 is 0 Å². The first-order valence-electron chi connectivity index (χ1n) is 9.36. The molecule has 0 spiro atoms. The van der Waals surface area contributed by atoms with Gasteiger partial charge < -0.3 is 19.4 Å². The fraction of sp³-hybridized carbons (Fsp3) is 0.273. The van der Waals surface area contributed by atoms with Crippen LogP contribution in [0.4, 0.5) is 0 Å². The molecule has 2 aromatic carbocycles. The van der Waals surface area contributed by atoms with Crippen molar-refractivity contribution in [2.75, 3.05) is 20.2 Å². The average Bonchev–Trinajstić information content (AvgIpc) is 3.27. The van der Waals surface area contributed by atoms with Crippen LogP contribution in [0.15, 0.2) is 59.2 Å². The maximum absolute atomic E-state index is 12.9. The number of piperidine rings is 1. The number of carbonyl (C=O) groups excluding carboxylic acids is 2. The molecule has 0 radical (unpaired) electrons. The lowest BCUT2D eigenvalue weighted by Crippen LogP contribution is -2.46. The van der Waals surface area contributed by atoms with Gasteiger partial charge in [-0.15, -0.1) is 0 Å². The molecule has 1 aromatic heterocycles. The van der Waals surface area contributed by atoms with Crippen LogP contribution in [0.5, 0.6) is 5.75 Å². The topological polar surface area (TPSA) is 71.8 Å². The van der Waals surface area contributed by atoms with Gasteiger partial charge in [0.2, 0.25) is 0 Å². The first kappa shape index (κ1) is 18.1. The molecule has 1 saturated heterocycles. The summed E-state index contributed by atoms with van der Waals surface area (Å²) in [5.74, 6) is 0.648. The summed E-state index contributed by atoms with van der Waals surface area (Å²) in [6, 6.07) is 15.0. The number of benzene rings is 2. The van der Waals surface area contributed by atoms with Crippen LogP contribution in [0.25, 0.3) is 10.8 Å². The molecule has 1 aliphatic rings. The standard InChI is InChI=1S/C22H22N2O4/c1-27-20-14-16-6-3-2-5-15(16)13-18(20)21(25)23-17-8-10-24(11-9-17)22(26)19-7-4-12-28-19/h2-7,12-14,17H,8-11H2,1H3,(H,23,25). The molecule has 4 rings (SSSR count). The van der Waals surface area contributed by atoms with Crippen LogP contribution in [0, 0.1) is 0 Å². The van der Waals surface area contributed by atoms with Crippen LogP contribution < -0.4 is 10.1 Å². The molecule has 3 aromatic rings. The second-order valence-electron chi connectivity index (χ2n) is 6.92. The van der Waals surface area contributed by atoms with E-state index in [1.165, 1.54) is 6.26 Å². The number of hydrogen-bond acceptors (Lipinski definition) is 4. The third kappa shape index (κ3) is 3.58. The lowest BCUT2D eigenvalue weighted by atomic mass is 10.0. The molecule has 0 unspecified atom stereocenters. The van der Waals surface area contributed by atoms with Gasteiger partial charge >= 0.3 is 0 Å². The van der Waals surface area contributed by atoms with Crippen LogP contribution >= 0.6 is 0 Å². The van der Waals surface area contributed by atoms with Gasteiger partial charge in [0.05, 0.1) is 18.9 Å². The number of ether oxygens (including phenoxy) is 1. The maximum Gasteiger partial charge on any atom is 0.289 e. The van der Waals surface area contributed by atoms with Crippen LogP contribution in [-0.4, -0.2) is 43.0 Å². The van der Waals surface area contributed by atoms with Crippen molar-refractivity contribution in [3.05, 3.63) is 66.1 Å². The van der Waals surface area contributed by atoms with E-state index in [-0.39, 0.29) is 17.9 Å². The normalized spacial score (nSPS) is 14.8. The Hall–Kier alpha value is -3.28. The van der Waals surface area contributed by atoms with Crippen LogP contribution in [0.2, 0.25) is 0 Å². The smallest absolute Gasteiger partial charge is 0.289 e. The molecule has 2 heterocycles. The zero-order chi connectivity index (χ0) is 19.5. The zero-order valence-corrected chi connectivity index (χ0v) is 15.7. The number of carbonyl (C=O) groups is 2. The van der Waals surface area contributed by atoms with Crippen molar-refractivity contribution in [1.82, 2.24) is 10.2 Å². The third-order valence-corrected chi connectivity index (χ3v) is 5.16. The van der Waals surface area contributed by atoms with Crippen LogP contribution in [-0.2, 0) is 0 Å². The minimum absolute atomic E-state index is 0.0179. The molecule has 0 aliphatic carbocycles. The lowest BCUT2D eigenvalue weighted by Gasteiger charge is -2.32. The summed E-state index contributed by atoms with van der Waals surface area (Å²) in [5.41, 5.74) is 0.523. The van der Waals surface area contributed by atoms with Gasteiger partial charge in [-0.1, -0.05) is 24.3 Å². The quantitative estimate of drug-likeness (QED) is 0.755. The minimum atomic E-state index is -0.154. The fourth-order valence-electron chi connectivity index (χ4n) is 3.61. The van der Waals surface area contributed by atoms with Crippen LogP contribution in [0.1, 0.15) is 33.8 Å². The lowest BCUT2D eigenvalue weighted by molar-refractivity contribution is 0.0667. The Bertz CT molecular complexity index is 989. The van der Waals surface area contributed by atoms with Gasteiger partial charge in [-0.2, -0.15) is 0 Å². The molecule has 0 bridgehead atoms. The zero-order valence-electron chi connectivity index (χ0n) is 15.7. The summed E-state index contributed by atoms with van der Waals surface area (Å²) in [4.78, 5) is 27.0. The van der Waals surface area contributed by atoms with Crippen molar-refractivity contribution in [2.45, 2.75) is 18.9 Å². The molecule has 6 nitrogen and oxygen atoms in total. The number of likely N-dealkylation sites (tertiary alicyclic amines) is 1. The predicted octanol–water partition coefficient (Wildman–Crippen LogP) is 3.48. The third-order valence-electron chi connectivity index (χ3n) is 5.16. The summed E-state index contributed by atoms with van der Waals surface area (Å²) in [7, 11) is 1.57. The first-order valence-corrected chi connectivity index (χ1v) is 9.36. The average molecular weight is 378 g/mol. The Labute approximate surface area is 163 Å². The van der Waals surface area contributed by atoms with Gasteiger partial charge in [0, 0.05) is 19.1 Å². The molecular formula is C22H22N2O4. The van der Waals surface area contributed by atoms with E-state index in [2.05, 4.69) is 5.32 Å². The summed E-state index contributed by atoms with van der Waals surface area (Å²) in [6.45, 7) is 1.17. The van der Waals surface area contributed by atoms with E-state index in [0.29, 0.717) is 43.0 Å². The molecular weight excluding hydrogens is 356 g/mol. The maximum atomic E-state index is 12.9. The summed E-state index contributed by atoms with van der Waals surface area (Å²) < 4.78 is 10.6. The monoisotopic (exact) mass is 378 g/mol. The Balaban J connectivity index is 1.42. The number of furan rings is 1. The van der Waals surface area contributed by atoms with Crippen molar-refractivity contribution < 1.29 is 18.7 Å². The van der Waals surface area contributed by atoms with E-state index in [1.807, 2.05) is 36.4 Å². The SMILES string of the molecule is COc1cc2ccccc2cc1C(=O)NC1CCN(C(=O)c2ccco2)CC1. The number of hydrogen-bond donors (Lipinski definition) is 1. The van der Waals surface area contributed by atoms with E-state index in [0.717, 1.165) is 10.8 Å². The molecule has 1 N–H and O–H groups in total. The van der Waals surface area contributed by atoms with Crippen molar-refractivity contribution in [3.63, 3.8) is 0 Å². The van der Waals surface area contributed by atoms with E-state index in [4.69, 9.17) is 9.15 Å². The number of nitrogens with one attached hydrogen (secondary N) is 1. The highest BCUT2D eigenvalue weighted by Gasteiger charge is 2.26. The Morgan fingerprint density at radius 2 is 1.79 bits per heavy atom. The molecule has 1 fully saturated rings. The first-order chi connectivity index (χ1) is 13.7. The number of amides is 2. The van der Waals surface area contributed by atoms with E-state index in [1.54, 1.807) is 24.1 Å². The number of nitrogens with zero attached hydrogens (tertiary/aromatic N) is 1. The number of rotatable bonds is 4. The minimum Gasteiger partial charge on any atom is -0.496 e. The van der Waals surface area contributed by atoms with Gasteiger partial charge in [-0.3, -0.25) is 9.59 Å². The van der Waals surface area contributed by atoms with Crippen molar-refractivity contribution >= 4 is 22.6 Å². The summed E-state index contributed by atoms with van der Waals surface area (Å²) in [5, 5.41) is 5.11. The molecule has 144 valence electrons. The highest BCUT2D eigenvalue weighted by atomic mass is 16.5. The highest BCUT2D eigenvalue weighted by Crippen LogP contribution is 2.26. The molecule has 28 heavy (non-hydrogen) atoms. The van der Waals surface area contributed by atoms with Crippen molar-refractivity contribution in [3.8, 4) is 5.75 Å². The highest BCUT2D eigenvalue weighted by molar-refractivity contribution is 6.01. The largest absolute Gasteiger partial charge is 0.496 e. The predicted molar refractivity (Wildman–Crippen MR) is 106 cm³/mol. The Morgan fingerprint density at radius 3 is 2.43 bits per heavy atom. The summed E-state index contributed by atoms with van der Waals surface area (Å²) in [6.07, 6.45) is 2.90. The molecule has 0 atom stereocenters. The number of fused-ring (bicyclic) bond motifs is 1. The number of methoxy groups -OCH3 is 1. The second kappa shape index (κ2) is 7.76. The molecule has 0 saturated carbocycles. The van der Waals surface area contributed by atoms with Gasteiger partial charge in [0.25, 0.3) is 11.8 Å². The van der Waals surface area contributed by atoms with Gasteiger partial charge in [0.15, 0.2) is 5.76 Å². The molecule has 1 aliphatic heterocycles. The Kier molecular flexibility index (Phi) is 5.02. The van der Waals surface area contributed by atoms with Crippen molar-refractivity contribution in [2.24, 2.45) is 0 Å². The van der Waals surface area contributed by atoms with Crippen molar-refractivity contribution in [1.29, 1.82) is 0 Å². The Morgan fingerprint density at radius 1 is 1.07 bits per heavy atom. The van der Waals surface area contributed by atoms with Gasteiger partial charge in [0.1, 0.15) is 5.75 Å². The van der Waals surface area contributed by atoms with Gasteiger partial charge in [-0.05, 0) is 47.9 Å². The fourth-order valence-corrected chi connectivity index (χ4v) is 3.61. The van der Waals surface area contributed by atoms with E-state index in [9.17, 15) is 9.59 Å². The second-order valence-corrected chi connectivity index (χ2v) is 6.92. The van der Waals surface area contributed by atoms with E-state index >= 15 is 0 Å². The molecule has 6 heteroatoms. The summed E-state index contributed by atoms with van der Waals surface area (Å²) >= 11 is 0. The van der Waals surface area contributed by atoms with Crippen LogP contribution in [0.3, 0.4) is 0 Å². The van der Waals surface area contributed by atoms with Gasteiger partial charge in [-0.25, -0.2) is 0 Å².